The van der Waals surface area contributed by atoms with E-state index >= 15 is 0 Å². The summed E-state index contributed by atoms with van der Waals surface area (Å²) in [6.45, 7) is 8.91. The van der Waals surface area contributed by atoms with Gasteiger partial charge >= 0.3 is 0 Å². The molecule has 1 aliphatic carbocycles. The fraction of sp³-hybridized carbons (Fsp3) is 0.625. The summed E-state index contributed by atoms with van der Waals surface area (Å²) in [7, 11) is 0. The van der Waals surface area contributed by atoms with Crippen LogP contribution in [0.3, 0.4) is 0 Å². The number of aryl methyl sites for hydroxylation is 2. The van der Waals surface area contributed by atoms with Gasteiger partial charge in [-0.25, -0.2) is 0 Å². The van der Waals surface area contributed by atoms with E-state index in [1.807, 2.05) is 0 Å². The third kappa shape index (κ3) is 5.09. The van der Waals surface area contributed by atoms with Gasteiger partial charge in [0.1, 0.15) is 11.6 Å². The number of benzene rings is 1. The molecule has 0 unspecified atom stereocenters. The summed E-state index contributed by atoms with van der Waals surface area (Å²) in [5.74, 6) is 2.52. The molecule has 1 saturated carbocycles. The van der Waals surface area contributed by atoms with Gasteiger partial charge in [-0.3, -0.25) is 9.69 Å². The highest BCUT2D eigenvalue weighted by molar-refractivity contribution is 5.78. The number of rotatable bonds is 6. The predicted octanol–water partition coefficient (Wildman–Crippen LogP) is 3.19. The summed E-state index contributed by atoms with van der Waals surface area (Å²) < 4.78 is 2.27. The molecule has 1 aromatic carbocycles. The molecule has 2 heterocycles. The van der Waals surface area contributed by atoms with Crippen LogP contribution in [0.4, 0.5) is 0 Å². The second-order valence-corrected chi connectivity index (χ2v) is 9.02. The van der Waals surface area contributed by atoms with E-state index in [-0.39, 0.29) is 11.8 Å². The molecular weight excluding hydrogens is 374 g/mol. The summed E-state index contributed by atoms with van der Waals surface area (Å²) in [4.78, 5) is 14.9. The van der Waals surface area contributed by atoms with Crippen molar-refractivity contribution in [1.82, 2.24) is 25.0 Å². The van der Waals surface area contributed by atoms with Gasteiger partial charge in [0.25, 0.3) is 0 Å². The standard InChI is InChI=1S/C24H35N5O/c1-18-8-9-21(19(2)16-18)17-28-13-11-23-27-26-22(29(23)15-14-28)10-12-25-24(30)20-6-4-3-5-7-20/h8-9,16,20H,3-7,10-15,17H2,1-2H3,(H,25,30). The molecule has 0 saturated heterocycles. The number of aromatic nitrogens is 3. The van der Waals surface area contributed by atoms with Crippen molar-refractivity contribution in [3.63, 3.8) is 0 Å². The monoisotopic (exact) mass is 409 g/mol. The molecule has 0 radical (unpaired) electrons. The Morgan fingerprint density at radius 3 is 2.73 bits per heavy atom. The van der Waals surface area contributed by atoms with Gasteiger partial charge in [-0.2, -0.15) is 0 Å². The van der Waals surface area contributed by atoms with E-state index in [1.54, 1.807) is 0 Å². The predicted molar refractivity (Wildman–Crippen MR) is 118 cm³/mol. The average molecular weight is 410 g/mol. The molecule has 30 heavy (non-hydrogen) atoms. The number of nitrogens with one attached hydrogen (secondary N) is 1. The van der Waals surface area contributed by atoms with Crippen LogP contribution in [-0.2, 0) is 30.7 Å². The van der Waals surface area contributed by atoms with Crippen LogP contribution in [0.5, 0.6) is 0 Å². The van der Waals surface area contributed by atoms with Gasteiger partial charge in [0.2, 0.25) is 5.91 Å². The minimum atomic E-state index is 0.216. The number of nitrogens with zero attached hydrogens (tertiary/aromatic N) is 4. The lowest BCUT2D eigenvalue weighted by Gasteiger charge is -2.21. The average Bonchev–Trinajstić information content (AvgIpc) is 3.02. The third-order valence-corrected chi connectivity index (χ3v) is 6.71. The number of hydrogen-bond donors (Lipinski definition) is 1. The Hall–Kier alpha value is -2.21. The topological polar surface area (TPSA) is 63.1 Å². The van der Waals surface area contributed by atoms with Crippen LogP contribution in [0.1, 0.15) is 60.4 Å². The zero-order valence-corrected chi connectivity index (χ0v) is 18.5. The van der Waals surface area contributed by atoms with Crippen LogP contribution in [0.25, 0.3) is 0 Å². The lowest BCUT2D eigenvalue weighted by Crippen LogP contribution is -2.33. The van der Waals surface area contributed by atoms with Gasteiger partial charge in [0.15, 0.2) is 0 Å². The van der Waals surface area contributed by atoms with Gasteiger partial charge in [0, 0.05) is 51.5 Å². The van der Waals surface area contributed by atoms with Gasteiger partial charge in [-0.05, 0) is 37.8 Å². The second-order valence-electron chi connectivity index (χ2n) is 9.02. The molecule has 6 nitrogen and oxygen atoms in total. The zero-order valence-electron chi connectivity index (χ0n) is 18.5. The van der Waals surface area contributed by atoms with E-state index < -0.39 is 0 Å². The molecule has 1 amide bonds. The van der Waals surface area contributed by atoms with Crippen LogP contribution >= 0.6 is 0 Å². The minimum Gasteiger partial charge on any atom is -0.355 e. The first-order valence-corrected chi connectivity index (χ1v) is 11.6. The van der Waals surface area contributed by atoms with Crippen molar-refractivity contribution in [3.05, 3.63) is 46.5 Å². The summed E-state index contributed by atoms with van der Waals surface area (Å²) in [6.07, 6.45) is 7.42. The fourth-order valence-electron chi connectivity index (χ4n) is 4.84. The summed E-state index contributed by atoms with van der Waals surface area (Å²) in [5, 5.41) is 12.0. The maximum atomic E-state index is 12.4. The van der Waals surface area contributed by atoms with Crippen molar-refractivity contribution >= 4 is 5.91 Å². The molecule has 0 bridgehead atoms. The Bertz CT molecular complexity index is 868. The highest BCUT2D eigenvalue weighted by Gasteiger charge is 2.22. The zero-order chi connectivity index (χ0) is 20.9. The lowest BCUT2D eigenvalue weighted by atomic mass is 9.89. The summed E-state index contributed by atoms with van der Waals surface area (Å²) in [5.41, 5.74) is 4.09. The molecule has 1 aromatic heterocycles. The minimum absolute atomic E-state index is 0.216. The van der Waals surface area contributed by atoms with Crippen LogP contribution in [0.15, 0.2) is 18.2 Å². The first kappa shape index (κ1) is 21.0. The number of fused-ring (bicyclic) bond motifs is 1. The molecule has 162 valence electrons. The van der Waals surface area contributed by atoms with Gasteiger partial charge < -0.3 is 9.88 Å². The van der Waals surface area contributed by atoms with E-state index in [1.165, 1.54) is 36.0 Å². The molecule has 2 aliphatic rings. The van der Waals surface area contributed by atoms with Crippen molar-refractivity contribution in [1.29, 1.82) is 0 Å². The maximum Gasteiger partial charge on any atom is 0.223 e. The Kier molecular flexibility index (Phi) is 6.82. The Balaban J connectivity index is 1.29. The van der Waals surface area contributed by atoms with Crippen molar-refractivity contribution in [3.8, 4) is 0 Å². The molecule has 0 atom stereocenters. The van der Waals surface area contributed by atoms with Gasteiger partial charge in [0.05, 0.1) is 0 Å². The normalized spacial score (nSPS) is 18.1. The maximum absolute atomic E-state index is 12.4. The van der Waals surface area contributed by atoms with Crippen LogP contribution in [-0.4, -0.2) is 45.2 Å². The van der Waals surface area contributed by atoms with Crippen molar-refractivity contribution in [2.75, 3.05) is 19.6 Å². The molecule has 1 aliphatic heterocycles. The van der Waals surface area contributed by atoms with Crippen molar-refractivity contribution in [2.45, 2.75) is 71.9 Å². The number of carbonyl (C=O) groups excluding carboxylic acids is 1. The molecule has 6 heteroatoms. The molecule has 1 fully saturated rings. The number of amides is 1. The van der Waals surface area contributed by atoms with Crippen LogP contribution in [0.2, 0.25) is 0 Å². The molecular formula is C24H35N5O. The number of hydrogen-bond acceptors (Lipinski definition) is 4. The van der Waals surface area contributed by atoms with Gasteiger partial charge in [-0.15, -0.1) is 10.2 Å². The molecule has 1 N–H and O–H groups in total. The summed E-state index contributed by atoms with van der Waals surface area (Å²) >= 11 is 0. The molecule has 0 spiro atoms. The molecule has 4 rings (SSSR count). The Morgan fingerprint density at radius 1 is 1.10 bits per heavy atom. The SMILES string of the molecule is Cc1ccc(CN2CCc3nnc(CCNC(=O)C4CCCCC4)n3CC2)c(C)c1. The Labute approximate surface area is 180 Å². The van der Waals surface area contributed by atoms with E-state index in [0.29, 0.717) is 6.54 Å². The summed E-state index contributed by atoms with van der Waals surface area (Å²) in [6, 6.07) is 6.73. The first-order chi connectivity index (χ1) is 14.6. The first-order valence-electron chi connectivity index (χ1n) is 11.6. The highest BCUT2D eigenvalue weighted by Crippen LogP contribution is 2.23. The Morgan fingerprint density at radius 2 is 1.93 bits per heavy atom. The van der Waals surface area contributed by atoms with Crippen molar-refractivity contribution < 1.29 is 4.79 Å². The lowest BCUT2D eigenvalue weighted by molar-refractivity contribution is -0.125. The smallest absolute Gasteiger partial charge is 0.223 e. The second kappa shape index (κ2) is 9.73. The molecule has 2 aromatic rings. The van der Waals surface area contributed by atoms with E-state index in [0.717, 1.165) is 63.5 Å². The number of carbonyl (C=O) groups is 1. The third-order valence-electron chi connectivity index (χ3n) is 6.71. The highest BCUT2D eigenvalue weighted by atomic mass is 16.1. The van der Waals surface area contributed by atoms with Gasteiger partial charge in [-0.1, -0.05) is 43.0 Å². The fourth-order valence-corrected chi connectivity index (χ4v) is 4.84. The largest absolute Gasteiger partial charge is 0.355 e. The van der Waals surface area contributed by atoms with E-state index in [9.17, 15) is 4.79 Å². The van der Waals surface area contributed by atoms with Crippen LogP contribution in [0, 0.1) is 19.8 Å². The quantitative estimate of drug-likeness (QED) is 0.796. The van der Waals surface area contributed by atoms with Crippen LogP contribution < -0.4 is 5.32 Å². The van der Waals surface area contributed by atoms with E-state index in [2.05, 4.69) is 57.0 Å². The van der Waals surface area contributed by atoms with Crippen molar-refractivity contribution in [2.24, 2.45) is 5.92 Å². The van der Waals surface area contributed by atoms with E-state index in [4.69, 9.17) is 0 Å².